The molecule has 10 nitrogen and oxygen atoms in total. The Morgan fingerprint density at radius 1 is 1.06 bits per heavy atom. The summed E-state index contributed by atoms with van der Waals surface area (Å²) in [6.07, 6.45) is 1.67. The van der Waals surface area contributed by atoms with Crippen LogP contribution >= 0.6 is 0 Å². The second-order valence-corrected chi connectivity index (χ2v) is 10.9. The largest absolute Gasteiger partial charge is 0.379 e. The van der Waals surface area contributed by atoms with Gasteiger partial charge in [0.2, 0.25) is 21.8 Å². The van der Waals surface area contributed by atoms with Crippen LogP contribution in [0.4, 0.5) is 5.82 Å². The molecule has 11 heteroatoms. The Bertz CT molecular complexity index is 900. The molecule has 2 fully saturated rings. The molecule has 1 N–H and O–H groups in total. The van der Waals surface area contributed by atoms with Gasteiger partial charge in [-0.15, -0.1) is 0 Å². The van der Waals surface area contributed by atoms with Crippen molar-refractivity contribution in [2.45, 2.75) is 32.1 Å². The van der Waals surface area contributed by atoms with Crippen LogP contribution in [-0.4, -0.2) is 93.4 Å². The maximum atomic E-state index is 12.7. The van der Waals surface area contributed by atoms with Crippen LogP contribution in [0.3, 0.4) is 0 Å². The van der Waals surface area contributed by atoms with Gasteiger partial charge in [0.15, 0.2) is 0 Å². The van der Waals surface area contributed by atoms with Gasteiger partial charge < -0.3 is 19.9 Å². The summed E-state index contributed by atoms with van der Waals surface area (Å²) in [5, 5.41) is 2.80. The van der Waals surface area contributed by atoms with E-state index in [1.165, 1.54) is 10.5 Å². The van der Waals surface area contributed by atoms with Gasteiger partial charge in [-0.2, -0.15) is 4.31 Å². The minimum atomic E-state index is -3.56. The lowest BCUT2D eigenvalue weighted by molar-refractivity contribution is -0.132. The molecule has 0 aromatic carbocycles. The Labute approximate surface area is 190 Å². The van der Waals surface area contributed by atoms with Crippen LogP contribution in [0.25, 0.3) is 0 Å². The normalized spacial score (nSPS) is 18.5. The van der Waals surface area contributed by atoms with Crippen LogP contribution in [0.15, 0.2) is 23.2 Å². The molecular weight excluding hydrogens is 434 g/mol. The number of carbonyl (C=O) groups excluding carboxylic acids is 2. The van der Waals surface area contributed by atoms with Crippen LogP contribution in [0, 0.1) is 5.41 Å². The number of morpholine rings is 1. The van der Waals surface area contributed by atoms with Crippen LogP contribution in [0.5, 0.6) is 0 Å². The number of aromatic nitrogens is 1. The summed E-state index contributed by atoms with van der Waals surface area (Å²) in [4.78, 5) is 32.7. The predicted molar refractivity (Wildman–Crippen MR) is 120 cm³/mol. The van der Waals surface area contributed by atoms with Crippen molar-refractivity contribution in [3.05, 3.63) is 18.3 Å². The summed E-state index contributed by atoms with van der Waals surface area (Å²) in [6.45, 7) is 9.67. The third-order valence-electron chi connectivity index (χ3n) is 5.59. The standard InChI is InChI=1S/C21H33N5O5S/c1-21(2,3)20(28)22-7-6-19(27)25-10-8-24(9-11-25)18-5-4-17(16-23-18)32(29,30)26-12-14-31-15-13-26/h4-5,16H,6-15H2,1-3H3,(H,22,28). The van der Waals surface area contributed by atoms with Crippen molar-refractivity contribution in [1.82, 2.24) is 19.5 Å². The number of nitrogens with one attached hydrogen (secondary N) is 1. The van der Waals surface area contributed by atoms with Gasteiger partial charge in [0.1, 0.15) is 10.7 Å². The molecule has 2 aliphatic heterocycles. The lowest BCUT2D eigenvalue weighted by Crippen LogP contribution is -2.49. The SMILES string of the molecule is CC(C)(C)C(=O)NCCC(=O)N1CCN(c2ccc(S(=O)(=O)N3CCOCC3)cn2)CC1. The number of carbonyl (C=O) groups is 2. The summed E-state index contributed by atoms with van der Waals surface area (Å²) in [5.74, 6) is 0.634. The molecule has 0 bridgehead atoms. The Morgan fingerprint density at radius 2 is 1.72 bits per heavy atom. The first kappa shape index (κ1) is 24.4. The van der Waals surface area contributed by atoms with Crippen LogP contribution in [0.1, 0.15) is 27.2 Å². The molecular formula is C21H33N5O5S. The first-order chi connectivity index (χ1) is 15.1. The van der Waals surface area contributed by atoms with Gasteiger partial charge in [-0.1, -0.05) is 20.8 Å². The summed E-state index contributed by atoms with van der Waals surface area (Å²) in [7, 11) is -3.56. The number of rotatable bonds is 6. The maximum absolute atomic E-state index is 12.7. The molecule has 2 amide bonds. The topological polar surface area (TPSA) is 112 Å². The van der Waals surface area contributed by atoms with E-state index in [2.05, 4.69) is 10.3 Å². The molecule has 0 spiro atoms. The third kappa shape index (κ3) is 5.96. The van der Waals surface area contributed by atoms with E-state index in [0.717, 1.165) is 0 Å². The van der Waals surface area contributed by atoms with Crippen molar-refractivity contribution >= 4 is 27.7 Å². The Kier molecular flexibility index (Phi) is 7.73. The fourth-order valence-corrected chi connectivity index (χ4v) is 4.89. The molecule has 0 atom stereocenters. The summed E-state index contributed by atoms with van der Waals surface area (Å²) >= 11 is 0. The van der Waals surface area contributed by atoms with Crippen molar-refractivity contribution in [2.24, 2.45) is 5.41 Å². The maximum Gasteiger partial charge on any atom is 0.244 e. The second-order valence-electron chi connectivity index (χ2n) is 8.99. The Hall–Kier alpha value is -2.24. The number of nitrogens with zero attached hydrogens (tertiary/aromatic N) is 4. The monoisotopic (exact) mass is 467 g/mol. The Morgan fingerprint density at radius 3 is 2.28 bits per heavy atom. The molecule has 178 valence electrons. The van der Waals surface area contributed by atoms with Crippen molar-refractivity contribution in [1.29, 1.82) is 0 Å². The van der Waals surface area contributed by atoms with Gasteiger partial charge >= 0.3 is 0 Å². The van der Waals surface area contributed by atoms with E-state index in [9.17, 15) is 18.0 Å². The van der Waals surface area contributed by atoms with Gasteiger partial charge in [0, 0.05) is 63.8 Å². The zero-order valence-electron chi connectivity index (χ0n) is 19.0. The van der Waals surface area contributed by atoms with Crippen LogP contribution in [-0.2, 0) is 24.3 Å². The van der Waals surface area contributed by atoms with Gasteiger partial charge in [-0.3, -0.25) is 9.59 Å². The van der Waals surface area contributed by atoms with Gasteiger partial charge in [-0.05, 0) is 12.1 Å². The molecule has 1 aromatic heterocycles. The van der Waals surface area contributed by atoms with E-state index >= 15 is 0 Å². The number of amides is 2. The van der Waals surface area contributed by atoms with Gasteiger partial charge in [-0.25, -0.2) is 13.4 Å². The highest BCUT2D eigenvalue weighted by Gasteiger charge is 2.28. The van der Waals surface area contributed by atoms with E-state index < -0.39 is 15.4 Å². The predicted octanol–water partition coefficient (Wildman–Crippen LogP) is 0.304. The van der Waals surface area contributed by atoms with E-state index in [-0.39, 0.29) is 23.1 Å². The highest BCUT2D eigenvalue weighted by molar-refractivity contribution is 7.89. The fraction of sp³-hybridized carbons (Fsp3) is 0.667. The minimum Gasteiger partial charge on any atom is -0.379 e. The molecule has 0 unspecified atom stereocenters. The first-order valence-corrected chi connectivity index (χ1v) is 12.4. The molecule has 0 radical (unpaired) electrons. The molecule has 1 aromatic rings. The second kappa shape index (κ2) is 10.1. The van der Waals surface area contributed by atoms with Crippen molar-refractivity contribution < 1.29 is 22.7 Å². The minimum absolute atomic E-state index is 0.0128. The van der Waals surface area contributed by atoms with E-state index in [0.29, 0.717) is 64.8 Å². The highest BCUT2D eigenvalue weighted by atomic mass is 32.2. The average molecular weight is 468 g/mol. The van der Waals surface area contributed by atoms with Crippen molar-refractivity contribution in [2.75, 3.05) is 63.9 Å². The molecule has 2 aliphatic rings. The summed E-state index contributed by atoms with van der Waals surface area (Å²) < 4.78 is 32.1. The number of pyridine rings is 1. The van der Waals surface area contributed by atoms with Crippen molar-refractivity contribution in [3.8, 4) is 0 Å². The molecule has 3 rings (SSSR count). The van der Waals surface area contributed by atoms with Gasteiger partial charge in [0.05, 0.1) is 13.2 Å². The molecule has 0 aliphatic carbocycles. The fourth-order valence-electron chi connectivity index (χ4n) is 3.54. The quantitative estimate of drug-likeness (QED) is 0.641. The lowest BCUT2D eigenvalue weighted by Gasteiger charge is -2.35. The summed E-state index contributed by atoms with van der Waals surface area (Å²) in [5.41, 5.74) is -0.473. The number of hydrogen-bond acceptors (Lipinski definition) is 7. The zero-order valence-corrected chi connectivity index (χ0v) is 19.9. The summed E-state index contributed by atoms with van der Waals surface area (Å²) in [6, 6.07) is 3.30. The number of hydrogen-bond donors (Lipinski definition) is 1. The molecule has 32 heavy (non-hydrogen) atoms. The highest BCUT2D eigenvalue weighted by Crippen LogP contribution is 2.20. The van der Waals surface area contributed by atoms with Crippen LogP contribution in [0.2, 0.25) is 0 Å². The Balaban J connectivity index is 1.48. The molecule has 3 heterocycles. The third-order valence-corrected chi connectivity index (χ3v) is 7.47. The van der Waals surface area contributed by atoms with E-state index in [4.69, 9.17) is 4.74 Å². The number of sulfonamides is 1. The van der Waals surface area contributed by atoms with Gasteiger partial charge in [0.25, 0.3) is 0 Å². The smallest absolute Gasteiger partial charge is 0.244 e. The molecule has 2 saturated heterocycles. The number of ether oxygens (including phenoxy) is 1. The number of piperazine rings is 1. The number of anilines is 1. The first-order valence-electron chi connectivity index (χ1n) is 10.9. The van der Waals surface area contributed by atoms with E-state index in [1.54, 1.807) is 17.0 Å². The lowest BCUT2D eigenvalue weighted by atomic mass is 9.96. The molecule has 0 saturated carbocycles. The van der Waals surface area contributed by atoms with Crippen LogP contribution < -0.4 is 10.2 Å². The average Bonchev–Trinajstić information content (AvgIpc) is 2.79. The van der Waals surface area contributed by atoms with Crippen molar-refractivity contribution in [3.63, 3.8) is 0 Å². The zero-order chi connectivity index (χ0) is 23.4. The van der Waals surface area contributed by atoms with E-state index in [1.807, 2.05) is 25.7 Å².